The van der Waals surface area contributed by atoms with Gasteiger partial charge in [-0.05, 0) is 38.0 Å². The quantitative estimate of drug-likeness (QED) is 0.867. The van der Waals surface area contributed by atoms with Crippen LogP contribution >= 0.6 is 0 Å². The molecule has 0 unspecified atom stereocenters. The highest BCUT2D eigenvalue weighted by Crippen LogP contribution is 2.14. The van der Waals surface area contributed by atoms with E-state index in [1.54, 1.807) is 29.2 Å². The minimum absolute atomic E-state index is 0.00467. The van der Waals surface area contributed by atoms with Gasteiger partial charge in [0.15, 0.2) is 0 Å². The molecular formula is C16H24N2O2. The molecule has 1 N–H and O–H groups in total. The molecule has 0 aromatic heterocycles. The van der Waals surface area contributed by atoms with E-state index in [0.717, 1.165) is 0 Å². The number of benzene rings is 1. The van der Waals surface area contributed by atoms with Crippen LogP contribution in [0.25, 0.3) is 0 Å². The molecule has 1 aromatic rings. The van der Waals surface area contributed by atoms with Crippen LogP contribution in [0.2, 0.25) is 0 Å². The first-order chi connectivity index (χ1) is 9.47. The van der Waals surface area contributed by atoms with Crippen molar-refractivity contribution in [3.05, 3.63) is 29.8 Å². The van der Waals surface area contributed by atoms with E-state index in [0.29, 0.717) is 36.7 Å². The minimum Gasteiger partial charge on any atom is -0.339 e. The zero-order valence-corrected chi connectivity index (χ0v) is 12.8. The van der Waals surface area contributed by atoms with Crippen molar-refractivity contribution in [1.82, 2.24) is 4.90 Å². The first-order valence-electron chi connectivity index (χ1n) is 7.17. The zero-order valence-electron chi connectivity index (χ0n) is 12.8. The number of carbonyl (C=O) groups excluding carboxylic acids is 2. The summed E-state index contributed by atoms with van der Waals surface area (Å²) in [5.74, 6) is 0.290. The van der Waals surface area contributed by atoms with Crippen LogP contribution in [0, 0.1) is 5.92 Å². The molecule has 0 atom stereocenters. The van der Waals surface area contributed by atoms with Gasteiger partial charge in [-0.15, -0.1) is 0 Å². The summed E-state index contributed by atoms with van der Waals surface area (Å²) >= 11 is 0. The Morgan fingerprint density at radius 3 is 2.40 bits per heavy atom. The maximum atomic E-state index is 12.2. The van der Waals surface area contributed by atoms with Crippen LogP contribution in [0.15, 0.2) is 24.3 Å². The van der Waals surface area contributed by atoms with E-state index >= 15 is 0 Å². The first kappa shape index (κ1) is 16.2. The SMILES string of the molecule is CCN(CC)C(=O)c1cccc(NC(=O)CC(C)C)c1. The molecule has 0 radical (unpaired) electrons. The Labute approximate surface area is 121 Å². The second-order valence-corrected chi connectivity index (χ2v) is 5.20. The molecule has 1 aromatic carbocycles. The Kier molecular flexibility index (Phi) is 6.22. The summed E-state index contributed by atoms with van der Waals surface area (Å²) in [6.07, 6.45) is 0.480. The summed E-state index contributed by atoms with van der Waals surface area (Å²) in [7, 11) is 0. The zero-order chi connectivity index (χ0) is 15.1. The van der Waals surface area contributed by atoms with Crippen LogP contribution in [-0.4, -0.2) is 29.8 Å². The highest BCUT2D eigenvalue weighted by molar-refractivity contribution is 5.97. The predicted octanol–water partition coefficient (Wildman–Crippen LogP) is 3.15. The standard InChI is InChI=1S/C16H24N2O2/c1-5-18(6-2)16(20)13-8-7-9-14(11-13)17-15(19)10-12(3)4/h7-9,11-12H,5-6,10H2,1-4H3,(H,17,19). The smallest absolute Gasteiger partial charge is 0.253 e. The van der Waals surface area contributed by atoms with E-state index in [1.165, 1.54) is 0 Å². The number of hydrogen-bond donors (Lipinski definition) is 1. The molecule has 1 rings (SSSR count). The molecule has 0 spiro atoms. The van der Waals surface area contributed by atoms with Crippen molar-refractivity contribution >= 4 is 17.5 Å². The Bertz CT molecular complexity index is 465. The van der Waals surface area contributed by atoms with Crippen molar-refractivity contribution < 1.29 is 9.59 Å². The monoisotopic (exact) mass is 276 g/mol. The molecule has 4 nitrogen and oxygen atoms in total. The first-order valence-corrected chi connectivity index (χ1v) is 7.17. The number of rotatable bonds is 6. The molecule has 20 heavy (non-hydrogen) atoms. The highest BCUT2D eigenvalue weighted by Gasteiger charge is 2.13. The second-order valence-electron chi connectivity index (χ2n) is 5.20. The molecule has 0 heterocycles. The molecule has 0 saturated heterocycles. The van der Waals surface area contributed by atoms with Gasteiger partial charge in [0, 0.05) is 30.8 Å². The van der Waals surface area contributed by atoms with E-state index in [4.69, 9.17) is 0 Å². The lowest BCUT2D eigenvalue weighted by molar-refractivity contribution is -0.116. The maximum absolute atomic E-state index is 12.2. The fourth-order valence-corrected chi connectivity index (χ4v) is 2.01. The Morgan fingerprint density at radius 1 is 1.20 bits per heavy atom. The molecule has 110 valence electrons. The molecule has 0 aliphatic rings. The van der Waals surface area contributed by atoms with Crippen LogP contribution in [0.3, 0.4) is 0 Å². The normalized spacial score (nSPS) is 10.4. The third-order valence-corrected chi connectivity index (χ3v) is 3.04. The third-order valence-electron chi connectivity index (χ3n) is 3.04. The molecule has 0 fully saturated rings. The number of nitrogens with one attached hydrogen (secondary N) is 1. The summed E-state index contributed by atoms with van der Waals surface area (Å²) in [4.78, 5) is 25.7. The second kappa shape index (κ2) is 7.68. The molecule has 0 aliphatic heterocycles. The Balaban J connectivity index is 2.80. The van der Waals surface area contributed by atoms with Crippen LogP contribution in [0.4, 0.5) is 5.69 Å². The number of anilines is 1. The molecule has 2 amide bonds. The van der Waals surface area contributed by atoms with Gasteiger partial charge < -0.3 is 10.2 Å². The molecule has 0 bridgehead atoms. The predicted molar refractivity (Wildman–Crippen MR) is 81.8 cm³/mol. The van der Waals surface area contributed by atoms with Gasteiger partial charge in [-0.2, -0.15) is 0 Å². The van der Waals surface area contributed by atoms with E-state index in [1.807, 2.05) is 27.7 Å². The summed E-state index contributed by atoms with van der Waals surface area (Å²) in [6, 6.07) is 7.11. The van der Waals surface area contributed by atoms with Crippen molar-refractivity contribution in [3.63, 3.8) is 0 Å². The fourth-order valence-electron chi connectivity index (χ4n) is 2.01. The van der Waals surface area contributed by atoms with Gasteiger partial charge in [-0.1, -0.05) is 19.9 Å². The van der Waals surface area contributed by atoms with Gasteiger partial charge in [0.25, 0.3) is 5.91 Å². The summed E-state index contributed by atoms with van der Waals surface area (Å²) in [5, 5.41) is 2.83. The van der Waals surface area contributed by atoms with Crippen molar-refractivity contribution in [2.75, 3.05) is 18.4 Å². The largest absolute Gasteiger partial charge is 0.339 e. The van der Waals surface area contributed by atoms with Gasteiger partial charge in [-0.25, -0.2) is 0 Å². The van der Waals surface area contributed by atoms with Gasteiger partial charge in [0.05, 0.1) is 0 Å². The third kappa shape index (κ3) is 4.68. The van der Waals surface area contributed by atoms with Crippen molar-refractivity contribution in [1.29, 1.82) is 0 Å². The number of amides is 2. The van der Waals surface area contributed by atoms with E-state index in [2.05, 4.69) is 5.32 Å². The van der Waals surface area contributed by atoms with Crippen LogP contribution in [0.5, 0.6) is 0 Å². The van der Waals surface area contributed by atoms with Gasteiger partial charge >= 0.3 is 0 Å². The summed E-state index contributed by atoms with van der Waals surface area (Å²) < 4.78 is 0. The number of nitrogens with zero attached hydrogens (tertiary/aromatic N) is 1. The van der Waals surface area contributed by atoms with Gasteiger partial charge in [0.1, 0.15) is 0 Å². The molecule has 0 aliphatic carbocycles. The van der Waals surface area contributed by atoms with Crippen LogP contribution in [-0.2, 0) is 4.79 Å². The Hall–Kier alpha value is -1.84. The highest BCUT2D eigenvalue weighted by atomic mass is 16.2. The number of hydrogen-bond acceptors (Lipinski definition) is 2. The Morgan fingerprint density at radius 2 is 1.85 bits per heavy atom. The lowest BCUT2D eigenvalue weighted by Gasteiger charge is -2.19. The van der Waals surface area contributed by atoms with Crippen molar-refractivity contribution in [3.8, 4) is 0 Å². The van der Waals surface area contributed by atoms with Gasteiger partial charge in [0.2, 0.25) is 5.91 Å². The lowest BCUT2D eigenvalue weighted by atomic mass is 10.1. The molecule has 4 heteroatoms. The molecule has 0 saturated carbocycles. The lowest BCUT2D eigenvalue weighted by Crippen LogP contribution is -2.30. The van der Waals surface area contributed by atoms with Gasteiger partial charge in [-0.3, -0.25) is 9.59 Å². The maximum Gasteiger partial charge on any atom is 0.253 e. The molecular weight excluding hydrogens is 252 g/mol. The average Bonchev–Trinajstić information content (AvgIpc) is 2.39. The topological polar surface area (TPSA) is 49.4 Å². The van der Waals surface area contributed by atoms with Crippen molar-refractivity contribution in [2.45, 2.75) is 34.1 Å². The average molecular weight is 276 g/mol. The van der Waals surface area contributed by atoms with Crippen LogP contribution < -0.4 is 5.32 Å². The van der Waals surface area contributed by atoms with Crippen LogP contribution in [0.1, 0.15) is 44.5 Å². The fraction of sp³-hybridized carbons (Fsp3) is 0.500. The van der Waals surface area contributed by atoms with E-state index in [-0.39, 0.29) is 11.8 Å². The summed E-state index contributed by atoms with van der Waals surface area (Å²) in [5.41, 5.74) is 1.28. The van der Waals surface area contributed by atoms with Crippen molar-refractivity contribution in [2.24, 2.45) is 5.92 Å². The summed E-state index contributed by atoms with van der Waals surface area (Å²) in [6.45, 7) is 9.27. The van der Waals surface area contributed by atoms with E-state index < -0.39 is 0 Å². The number of carbonyl (C=O) groups is 2. The van der Waals surface area contributed by atoms with E-state index in [9.17, 15) is 9.59 Å². The minimum atomic E-state index is -0.0209.